The van der Waals surface area contributed by atoms with Crippen molar-refractivity contribution in [1.82, 2.24) is 0 Å². The molecule has 0 fully saturated rings. The molecule has 0 aliphatic heterocycles. The Bertz CT molecular complexity index is 700. The summed E-state index contributed by atoms with van der Waals surface area (Å²) < 4.78 is 12.2. The van der Waals surface area contributed by atoms with Gasteiger partial charge < -0.3 is 5.11 Å². The molecule has 0 bridgehead atoms. The van der Waals surface area contributed by atoms with Crippen LogP contribution in [0.1, 0.15) is 16.7 Å². The number of rotatable bonds is 5. The van der Waals surface area contributed by atoms with Gasteiger partial charge >= 0.3 is 5.97 Å². The molecule has 5 heteroatoms. The fraction of sp³-hybridized carbons (Fsp3) is 0.125. The van der Waals surface area contributed by atoms with E-state index in [4.69, 9.17) is 10.4 Å². The van der Waals surface area contributed by atoms with Crippen LogP contribution in [0.25, 0.3) is 0 Å². The molecule has 0 spiro atoms. The minimum absolute atomic E-state index is 0.0391. The average Bonchev–Trinajstić information content (AvgIpc) is 2.48. The van der Waals surface area contributed by atoms with Gasteiger partial charge in [-0.2, -0.15) is 5.26 Å². The third-order valence-electron chi connectivity index (χ3n) is 2.92. The van der Waals surface area contributed by atoms with Crippen LogP contribution in [-0.2, 0) is 27.8 Å². The highest BCUT2D eigenvalue weighted by atomic mass is 32.2. The first kappa shape index (κ1) is 14.9. The quantitative estimate of drug-likeness (QED) is 0.920. The van der Waals surface area contributed by atoms with Gasteiger partial charge in [0.1, 0.15) is 0 Å². The van der Waals surface area contributed by atoms with Gasteiger partial charge in [0.25, 0.3) is 0 Å². The molecular weight excluding hydrogens is 286 g/mol. The number of carbonyl (C=O) groups is 1. The van der Waals surface area contributed by atoms with Gasteiger partial charge in [-0.1, -0.05) is 24.3 Å². The highest BCUT2D eigenvalue weighted by molar-refractivity contribution is 7.84. The van der Waals surface area contributed by atoms with Crippen molar-refractivity contribution in [3.05, 3.63) is 65.2 Å². The molecule has 1 N–H and O–H groups in total. The summed E-state index contributed by atoms with van der Waals surface area (Å²) in [4.78, 5) is 11.3. The van der Waals surface area contributed by atoms with Gasteiger partial charge in [-0.25, -0.2) is 0 Å². The molecule has 2 aromatic rings. The number of benzene rings is 2. The molecule has 0 saturated heterocycles. The summed E-state index contributed by atoms with van der Waals surface area (Å²) in [6.07, 6.45) is -0.0391. The summed E-state index contributed by atoms with van der Waals surface area (Å²) in [6.45, 7) is 0. The maximum absolute atomic E-state index is 12.2. The van der Waals surface area contributed by atoms with Crippen molar-refractivity contribution in [3.8, 4) is 6.07 Å². The van der Waals surface area contributed by atoms with E-state index in [1.165, 1.54) is 0 Å². The Morgan fingerprint density at radius 2 is 1.62 bits per heavy atom. The molecular formula is C16H13NO3S. The monoisotopic (exact) mass is 299 g/mol. The van der Waals surface area contributed by atoms with Crippen molar-refractivity contribution in [2.75, 3.05) is 0 Å². The molecule has 1 unspecified atom stereocenters. The highest BCUT2D eigenvalue weighted by Gasteiger charge is 2.07. The predicted molar refractivity (Wildman–Crippen MR) is 79.1 cm³/mol. The number of nitriles is 1. The zero-order chi connectivity index (χ0) is 15.2. The van der Waals surface area contributed by atoms with E-state index in [-0.39, 0.29) is 6.42 Å². The van der Waals surface area contributed by atoms with E-state index in [2.05, 4.69) is 0 Å². The van der Waals surface area contributed by atoms with Crippen LogP contribution in [0.5, 0.6) is 0 Å². The maximum atomic E-state index is 12.2. The Morgan fingerprint density at radius 1 is 1.05 bits per heavy atom. The van der Waals surface area contributed by atoms with Crippen LogP contribution >= 0.6 is 0 Å². The molecule has 1 atom stereocenters. The van der Waals surface area contributed by atoms with Crippen LogP contribution in [0.15, 0.2) is 53.4 Å². The number of aliphatic carboxylic acids is 1. The summed E-state index contributed by atoms with van der Waals surface area (Å²) in [5.41, 5.74) is 2.14. The van der Waals surface area contributed by atoms with E-state index in [1.54, 1.807) is 48.5 Å². The lowest BCUT2D eigenvalue weighted by Crippen LogP contribution is -2.01. The Kier molecular flexibility index (Phi) is 4.85. The number of nitrogens with zero attached hydrogens (tertiary/aromatic N) is 1. The molecule has 0 heterocycles. The van der Waals surface area contributed by atoms with Crippen molar-refractivity contribution in [2.24, 2.45) is 0 Å². The SMILES string of the molecule is N#Cc1ccc(CS(=O)c2ccc(CC(=O)O)cc2)cc1. The summed E-state index contributed by atoms with van der Waals surface area (Å²) >= 11 is 0. The van der Waals surface area contributed by atoms with Gasteiger partial charge in [0.05, 0.1) is 34.6 Å². The molecule has 0 aromatic heterocycles. The van der Waals surface area contributed by atoms with Crippen molar-refractivity contribution >= 4 is 16.8 Å². The Balaban J connectivity index is 2.05. The molecule has 0 saturated carbocycles. The van der Waals surface area contributed by atoms with E-state index in [0.717, 1.165) is 5.56 Å². The zero-order valence-corrected chi connectivity index (χ0v) is 12.0. The normalized spacial score (nSPS) is 11.6. The third-order valence-corrected chi connectivity index (χ3v) is 4.32. The lowest BCUT2D eigenvalue weighted by Gasteiger charge is -2.04. The molecule has 21 heavy (non-hydrogen) atoms. The van der Waals surface area contributed by atoms with E-state index in [9.17, 15) is 9.00 Å². The minimum Gasteiger partial charge on any atom is -0.481 e. The Morgan fingerprint density at radius 3 is 2.14 bits per heavy atom. The van der Waals surface area contributed by atoms with Crippen LogP contribution in [-0.4, -0.2) is 15.3 Å². The summed E-state index contributed by atoms with van der Waals surface area (Å²) in [6, 6.07) is 15.8. The second-order valence-electron chi connectivity index (χ2n) is 4.51. The van der Waals surface area contributed by atoms with E-state index in [0.29, 0.717) is 21.8 Å². The smallest absolute Gasteiger partial charge is 0.307 e. The zero-order valence-electron chi connectivity index (χ0n) is 11.2. The molecule has 2 rings (SSSR count). The fourth-order valence-electron chi connectivity index (χ4n) is 1.84. The molecule has 0 radical (unpaired) electrons. The molecule has 0 amide bonds. The van der Waals surface area contributed by atoms with Crippen molar-refractivity contribution in [3.63, 3.8) is 0 Å². The maximum Gasteiger partial charge on any atom is 0.307 e. The van der Waals surface area contributed by atoms with Crippen LogP contribution in [0, 0.1) is 11.3 Å². The minimum atomic E-state index is -1.19. The van der Waals surface area contributed by atoms with Crippen LogP contribution in [0.4, 0.5) is 0 Å². The number of hydrogen-bond acceptors (Lipinski definition) is 3. The van der Waals surface area contributed by atoms with Crippen molar-refractivity contribution in [1.29, 1.82) is 5.26 Å². The molecule has 4 nitrogen and oxygen atoms in total. The lowest BCUT2D eigenvalue weighted by atomic mass is 10.2. The molecule has 0 aliphatic carbocycles. The Labute approximate surface area is 125 Å². The van der Waals surface area contributed by atoms with Gasteiger partial charge in [-0.15, -0.1) is 0 Å². The number of hydrogen-bond donors (Lipinski definition) is 1. The van der Waals surface area contributed by atoms with E-state index < -0.39 is 16.8 Å². The summed E-state index contributed by atoms with van der Waals surface area (Å²) in [5.74, 6) is -0.522. The topological polar surface area (TPSA) is 78.2 Å². The largest absolute Gasteiger partial charge is 0.481 e. The second kappa shape index (κ2) is 6.82. The van der Waals surface area contributed by atoms with E-state index >= 15 is 0 Å². The number of carboxylic acids is 1. The standard InChI is InChI=1S/C16H13NO3S/c17-10-13-1-3-14(4-2-13)11-21(20)15-7-5-12(6-8-15)9-16(18)19/h1-8H,9,11H2,(H,18,19). The average molecular weight is 299 g/mol. The summed E-state index contributed by atoms with van der Waals surface area (Å²) in [5, 5.41) is 17.4. The van der Waals surface area contributed by atoms with Crippen LogP contribution in [0.2, 0.25) is 0 Å². The Hall–Kier alpha value is -2.45. The second-order valence-corrected chi connectivity index (χ2v) is 5.96. The third kappa shape index (κ3) is 4.26. The van der Waals surface area contributed by atoms with Gasteiger partial charge in [-0.05, 0) is 35.4 Å². The van der Waals surface area contributed by atoms with Gasteiger partial charge in [0.2, 0.25) is 0 Å². The van der Waals surface area contributed by atoms with Gasteiger partial charge in [0, 0.05) is 4.90 Å². The predicted octanol–water partition coefficient (Wildman–Crippen LogP) is 2.49. The first-order chi connectivity index (χ1) is 10.1. The summed E-state index contributed by atoms with van der Waals surface area (Å²) in [7, 11) is -1.19. The molecule has 106 valence electrons. The van der Waals surface area contributed by atoms with Gasteiger partial charge in [-0.3, -0.25) is 9.00 Å². The molecule has 2 aromatic carbocycles. The van der Waals surface area contributed by atoms with Gasteiger partial charge in [0.15, 0.2) is 0 Å². The molecule has 0 aliphatic rings. The highest BCUT2D eigenvalue weighted by Crippen LogP contribution is 2.14. The van der Waals surface area contributed by atoms with E-state index in [1.807, 2.05) is 6.07 Å². The first-order valence-corrected chi connectivity index (χ1v) is 7.58. The van der Waals surface area contributed by atoms with Crippen molar-refractivity contribution < 1.29 is 14.1 Å². The first-order valence-electron chi connectivity index (χ1n) is 6.26. The van der Waals surface area contributed by atoms with Crippen LogP contribution in [0.3, 0.4) is 0 Å². The van der Waals surface area contributed by atoms with Crippen molar-refractivity contribution in [2.45, 2.75) is 17.1 Å². The fourth-order valence-corrected chi connectivity index (χ4v) is 2.95. The lowest BCUT2D eigenvalue weighted by molar-refractivity contribution is -0.136. The number of carboxylic acid groups (broad SMARTS) is 1. The van der Waals surface area contributed by atoms with Crippen LogP contribution < -0.4 is 0 Å².